The molecule has 0 aromatic heterocycles. The molecule has 0 bridgehead atoms. The fourth-order valence-corrected chi connectivity index (χ4v) is 4.46. The maximum absolute atomic E-state index is 12.2. The lowest BCUT2D eigenvalue weighted by Gasteiger charge is -2.42. The molecule has 5 N–H and O–H groups in total. The predicted molar refractivity (Wildman–Crippen MR) is 112 cm³/mol. The summed E-state index contributed by atoms with van der Waals surface area (Å²) in [7, 11) is 0. The van der Waals surface area contributed by atoms with E-state index in [1.165, 1.54) is 0 Å². The Kier molecular flexibility index (Phi) is 7.03. The molecule has 2 unspecified atom stereocenters. The minimum atomic E-state index is -1.69. The van der Waals surface area contributed by atoms with Gasteiger partial charge in [0.25, 0.3) is 0 Å². The third-order valence-electron chi connectivity index (χ3n) is 6.36. The summed E-state index contributed by atoms with van der Waals surface area (Å²) in [6.45, 7) is 3.38. The van der Waals surface area contributed by atoms with Gasteiger partial charge in [0, 0.05) is 5.92 Å². The number of rotatable bonds is 6. The average Bonchev–Trinajstić information content (AvgIpc) is 3.13. The van der Waals surface area contributed by atoms with Crippen molar-refractivity contribution in [2.45, 2.75) is 49.5 Å². The number of aliphatic carboxylic acids is 1. The number of aliphatic hydroxyl groups is 4. The second-order valence-electron chi connectivity index (χ2n) is 8.46. The molecular formula is C23H26O11. The molecule has 2 aliphatic heterocycles. The van der Waals surface area contributed by atoms with Crippen LogP contribution < -0.4 is 0 Å². The maximum atomic E-state index is 12.2. The zero-order valence-electron chi connectivity index (χ0n) is 18.0. The maximum Gasteiger partial charge on any atom is 0.338 e. The number of carbonyl (C=O) groups is 2. The molecule has 0 radical (unpaired) electrons. The van der Waals surface area contributed by atoms with Crippen molar-refractivity contribution in [1.82, 2.24) is 0 Å². The van der Waals surface area contributed by atoms with E-state index in [1.807, 2.05) is 0 Å². The van der Waals surface area contributed by atoms with E-state index in [1.54, 1.807) is 30.3 Å². The van der Waals surface area contributed by atoms with Crippen LogP contribution in [0.4, 0.5) is 0 Å². The number of esters is 1. The lowest BCUT2D eigenvalue weighted by atomic mass is 9.85. The number of benzene rings is 1. The number of aliphatic hydroxyl groups excluding tert-OH is 4. The van der Waals surface area contributed by atoms with E-state index in [2.05, 4.69) is 6.58 Å². The Bertz CT molecular complexity index is 961. The quantitative estimate of drug-likeness (QED) is 0.265. The number of hydrogen-bond donors (Lipinski definition) is 5. The highest BCUT2D eigenvalue weighted by Crippen LogP contribution is 2.46. The molecule has 34 heavy (non-hydrogen) atoms. The number of hydrogen-bond acceptors (Lipinski definition) is 10. The number of fused-ring (bicyclic) bond motifs is 1. The van der Waals surface area contributed by atoms with E-state index in [4.69, 9.17) is 18.9 Å². The minimum absolute atomic E-state index is 0.0474. The Balaban J connectivity index is 1.46. The van der Waals surface area contributed by atoms with Crippen molar-refractivity contribution in [3.8, 4) is 0 Å². The summed E-state index contributed by atoms with van der Waals surface area (Å²) in [4.78, 5) is 23.7. The molecule has 1 saturated carbocycles. The van der Waals surface area contributed by atoms with Gasteiger partial charge in [-0.25, -0.2) is 9.59 Å². The van der Waals surface area contributed by atoms with Crippen LogP contribution in [-0.2, 0) is 23.7 Å². The summed E-state index contributed by atoms with van der Waals surface area (Å²) in [5, 5.41) is 50.6. The zero-order chi connectivity index (χ0) is 24.6. The van der Waals surface area contributed by atoms with Crippen LogP contribution in [0.15, 0.2) is 54.3 Å². The molecule has 1 aromatic carbocycles. The molecule has 4 rings (SSSR count). The van der Waals surface area contributed by atoms with Gasteiger partial charge in [0.05, 0.1) is 29.4 Å². The van der Waals surface area contributed by atoms with Gasteiger partial charge in [0.15, 0.2) is 6.29 Å². The zero-order valence-corrected chi connectivity index (χ0v) is 18.0. The van der Waals surface area contributed by atoms with E-state index in [0.717, 1.165) is 6.26 Å². The average molecular weight is 478 g/mol. The van der Waals surface area contributed by atoms with Gasteiger partial charge in [-0.1, -0.05) is 24.8 Å². The molecule has 0 amide bonds. The van der Waals surface area contributed by atoms with Crippen LogP contribution in [0.5, 0.6) is 0 Å². The summed E-state index contributed by atoms with van der Waals surface area (Å²) in [6, 6.07) is 8.13. The fraction of sp³-hybridized carbons (Fsp3) is 0.478. The fourth-order valence-electron chi connectivity index (χ4n) is 4.46. The Morgan fingerprint density at radius 3 is 2.41 bits per heavy atom. The second kappa shape index (κ2) is 9.82. The highest BCUT2D eigenvalue weighted by Gasteiger charge is 2.52. The van der Waals surface area contributed by atoms with Crippen LogP contribution in [-0.4, -0.2) is 87.2 Å². The lowest BCUT2D eigenvalue weighted by Crippen LogP contribution is -2.60. The van der Waals surface area contributed by atoms with E-state index in [0.29, 0.717) is 5.57 Å². The Morgan fingerprint density at radius 2 is 1.74 bits per heavy atom. The van der Waals surface area contributed by atoms with Crippen molar-refractivity contribution in [3.05, 3.63) is 59.9 Å². The third kappa shape index (κ3) is 4.58. The first-order valence-corrected chi connectivity index (χ1v) is 10.7. The summed E-state index contributed by atoms with van der Waals surface area (Å²) >= 11 is 0. The first kappa shape index (κ1) is 24.3. The standard InChI is InChI=1S/C23H26O11/c1-10-14(24)7-12-13(20(28)29)8-32-22(16(10)12)34-23-19(27)18(26)17(25)15(33-23)9-31-21(30)11-5-3-2-4-6-11/h2-6,8,12,14-19,22-27H,1,7,9H2,(H,28,29)/t12?,14-,15+,16?,17+,18-,19+,22-,23-/m0/s1. The molecule has 1 saturated heterocycles. The Morgan fingerprint density at radius 1 is 1.03 bits per heavy atom. The molecule has 9 atom stereocenters. The number of carbonyl (C=O) groups excluding carboxylic acids is 1. The van der Waals surface area contributed by atoms with E-state index in [9.17, 15) is 35.1 Å². The highest BCUT2D eigenvalue weighted by atomic mass is 16.8. The largest absolute Gasteiger partial charge is 0.478 e. The van der Waals surface area contributed by atoms with E-state index < -0.39 is 73.5 Å². The van der Waals surface area contributed by atoms with E-state index in [-0.39, 0.29) is 17.6 Å². The van der Waals surface area contributed by atoms with Gasteiger partial charge in [0.1, 0.15) is 31.0 Å². The SMILES string of the molecule is C=C1C2C(C[C@@H]1O)C(C(=O)O)=CO[C@H]2O[C@@H]1O[C@H](COC(=O)c2ccccc2)[C@@H](O)[C@H](O)[C@H]1O. The van der Waals surface area contributed by atoms with Crippen LogP contribution in [0.2, 0.25) is 0 Å². The second-order valence-corrected chi connectivity index (χ2v) is 8.46. The molecule has 11 heteroatoms. The van der Waals surface area contributed by atoms with Crippen LogP contribution in [0.25, 0.3) is 0 Å². The van der Waals surface area contributed by atoms with E-state index >= 15 is 0 Å². The van der Waals surface area contributed by atoms with Crippen molar-refractivity contribution in [1.29, 1.82) is 0 Å². The van der Waals surface area contributed by atoms with Crippen molar-refractivity contribution in [3.63, 3.8) is 0 Å². The molecule has 0 spiro atoms. The molecule has 1 aromatic rings. The monoisotopic (exact) mass is 478 g/mol. The van der Waals surface area contributed by atoms with Gasteiger partial charge < -0.3 is 44.5 Å². The van der Waals surface area contributed by atoms with Crippen molar-refractivity contribution in [2.24, 2.45) is 11.8 Å². The number of carboxylic acids is 1. The van der Waals surface area contributed by atoms with Crippen molar-refractivity contribution in [2.75, 3.05) is 6.61 Å². The minimum Gasteiger partial charge on any atom is -0.478 e. The number of carboxylic acid groups (broad SMARTS) is 1. The van der Waals surface area contributed by atoms with Gasteiger partial charge in [-0.2, -0.15) is 0 Å². The van der Waals surface area contributed by atoms with Crippen LogP contribution in [0.3, 0.4) is 0 Å². The first-order valence-electron chi connectivity index (χ1n) is 10.7. The first-order chi connectivity index (χ1) is 16.2. The summed E-state index contributed by atoms with van der Waals surface area (Å²) in [6.07, 6.45) is -8.76. The topological polar surface area (TPSA) is 172 Å². The van der Waals surface area contributed by atoms with Crippen LogP contribution in [0.1, 0.15) is 16.8 Å². The molecule has 3 aliphatic rings. The lowest BCUT2D eigenvalue weighted by molar-refractivity contribution is -0.339. The highest BCUT2D eigenvalue weighted by molar-refractivity contribution is 5.89. The van der Waals surface area contributed by atoms with Gasteiger partial charge in [-0.3, -0.25) is 0 Å². The normalized spacial score (nSPS) is 37.4. The smallest absolute Gasteiger partial charge is 0.338 e. The van der Waals surface area contributed by atoms with Crippen molar-refractivity contribution < 1.29 is 54.1 Å². The van der Waals surface area contributed by atoms with Crippen LogP contribution in [0, 0.1) is 11.8 Å². The van der Waals surface area contributed by atoms with Crippen LogP contribution >= 0.6 is 0 Å². The van der Waals surface area contributed by atoms with Gasteiger partial charge >= 0.3 is 11.9 Å². The van der Waals surface area contributed by atoms with Gasteiger partial charge in [-0.05, 0) is 24.1 Å². The predicted octanol–water partition coefficient (Wildman–Crippen LogP) is -0.454. The molecule has 2 heterocycles. The summed E-state index contributed by atoms with van der Waals surface area (Å²) in [5.41, 5.74) is 0.539. The molecular weight excluding hydrogens is 452 g/mol. The molecule has 2 fully saturated rings. The Labute approximate surface area is 194 Å². The Hall–Kier alpha value is -2.80. The number of ether oxygens (including phenoxy) is 4. The molecule has 1 aliphatic carbocycles. The molecule has 11 nitrogen and oxygen atoms in total. The summed E-state index contributed by atoms with van der Waals surface area (Å²) < 4.78 is 21.9. The van der Waals surface area contributed by atoms with Gasteiger partial charge in [-0.15, -0.1) is 0 Å². The third-order valence-corrected chi connectivity index (χ3v) is 6.36. The van der Waals surface area contributed by atoms with Gasteiger partial charge in [0.2, 0.25) is 6.29 Å². The van der Waals surface area contributed by atoms with Crippen molar-refractivity contribution >= 4 is 11.9 Å². The molecule has 184 valence electrons. The summed E-state index contributed by atoms with van der Waals surface area (Å²) in [5.74, 6) is -3.27.